The summed E-state index contributed by atoms with van der Waals surface area (Å²) in [5.41, 5.74) is 4.23. The van der Waals surface area contributed by atoms with E-state index in [0.717, 1.165) is 32.6 Å². The Morgan fingerprint density at radius 3 is 2.68 bits per heavy atom. The van der Waals surface area contributed by atoms with Gasteiger partial charge in [0.25, 0.3) is 5.91 Å². The highest BCUT2D eigenvalue weighted by molar-refractivity contribution is 9.10. The van der Waals surface area contributed by atoms with Gasteiger partial charge in [0, 0.05) is 16.2 Å². The summed E-state index contributed by atoms with van der Waals surface area (Å²) in [6.45, 7) is 0.469. The molecule has 152 valence electrons. The first-order chi connectivity index (χ1) is 15.1. The van der Waals surface area contributed by atoms with Crippen LogP contribution in [0.4, 0.5) is 5.69 Å². The van der Waals surface area contributed by atoms with E-state index >= 15 is 0 Å². The van der Waals surface area contributed by atoms with Crippen molar-refractivity contribution in [3.8, 4) is 5.75 Å². The molecule has 4 aromatic carbocycles. The fourth-order valence-corrected chi connectivity index (χ4v) is 4.46. The Morgan fingerprint density at radius 2 is 1.81 bits per heavy atom. The lowest BCUT2D eigenvalue weighted by Crippen LogP contribution is -2.03. The molecule has 3 nitrogen and oxygen atoms in total. The van der Waals surface area contributed by atoms with Gasteiger partial charge in [-0.2, -0.15) is 0 Å². The summed E-state index contributed by atoms with van der Waals surface area (Å²) >= 11 is 9.64. The number of halogens is 2. The maximum absolute atomic E-state index is 12.4. The summed E-state index contributed by atoms with van der Waals surface area (Å²) in [6, 6.07) is 25.7. The number of nitrogens with one attached hydrogen (secondary N) is 1. The quantitative estimate of drug-likeness (QED) is 0.304. The second-order valence-corrected chi connectivity index (χ2v) is 8.61. The lowest BCUT2D eigenvalue weighted by molar-refractivity contribution is -0.110. The van der Waals surface area contributed by atoms with E-state index in [1.54, 1.807) is 12.1 Å². The molecule has 31 heavy (non-hydrogen) atoms. The first-order valence-electron chi connectivity index (χ1n) is 9.80. The maximum atomic E-state index is 12.4. The molecular weight excluding hydrogens is 474 g/mol. The van der Waals surface area contributed by atoms with Crippen LogP contribution in [0.25, 0.3) is 22.4 Å². The first kappa shape index (κ1) is 19.9. The van der Waals surface area contributed by atoms with Crippen molar-refractivity contribution >= 4 is 61.5 Å². The highest BCUT2D eigenvalue weighted by Gasteiger charge is 2.24. The highest BCUT2D eigenvalue weighted by atomic mass is 79.9. The minimum absolute atomic E-state index is 0.135. The lowest BCUT2D eigenvalue weighted by atomic mass is 10.0. The Bertz CT molecular complexity index is 1360. The second kappa shape index (κ2) is 8.22. The van der Waals surface area contributed by atoms with Crippen molar-refractivity contribution in [2.75, 3.05) is 5.32 Å². The Morgan fingerprint density at radius 1 is 0.968 bits per heavy atom. The monoisotopic (exact) mass is 489 g/mol. The van der Waals surface area contributed by atoms with Gasteiger partial charge in [0.1, 0.15) is 12.4 Å². The Kier molecular flexibility index (Phi) is 5.26. The highest BCUT2D eigenvalue weighted by Crippen LogP contribution is 2.36. The number of benzene rings is 4. The molecule has 0 aliphatic carbocycles. The predicted octanol–water partition coefficient (Wildman–Crippen LogP) is 7.33. The van der Waals surface area contributed by atoms with Crippen LogP contribution in [0, 0.1) is 0 Å². The number of hydrogen-bond donors (Lipinski definition) is 1. The van der Waals surface area contributed by atoms with E-state index in [-0.39, 0.29) is 5.91 Å². The standard InChI is InChI=1S/C26H17BrClNO2/c27-23-13-16(12-22-21-10-9-19(28)14-24(21)29-26(22)30)8-11-25(23)31-15-18-6-3-5-17-4-1-2-7-20(17)18/h1-14H,15H2,(H,29,30)/b22-12+. The van der Waals surface area contributed by atoms with Gasteiger partial charge < -0.3 is 10.1 Å². The zero-order valence-electron chi connectivity index (χ0n) is 16.4. The third kappa shape index (κ3) is 3.97. The molecule has 0 fully saturated rings. The fraction of sp³-hybridized carbons (Fsp3) is 0.0385. The lowest BCUT2D eigenvalue weighted by Gasteiger charge is -2.11. The molecule has 1 N–H and O–H groups in total. The topological polar surface area (TPSA) is 38.3 Å². The maximum Gasteiger partial charge on any atom is 0.256 e. The smallest absolute Gasteiger partial charge is 0.256 e. The molecule has 1 heterocycles. The molecule has 0 unspecified atom stereocenters. The summed E-state index contributed by atoms with van der Waals surface area (Å²) in [4.78, 5) is 12.4. The summed E-state index contributed by atoms with van der Waals surface area (Å²) in [7, 11) is 0. The Hall–Kier alpha value is -3.08. The molecule has 0 spiro atoms. The molecular formula is C26H17BrClNO2. The van der Waals surface area contributed by atoms with Gasteiger partial charge in [-0.05, 0) is 68.2 Å². The molecule has 5 rings (SSSR count). The minimum atomic E-state index is -0.135. The van der Waals surface area contributed by atoms with Gasteiger partial charge in [-0.1, -0.05) is 66.2 Å². The van der Waals surface area contributed by atoms with Crippen molar-refractivity contribution in [1.82, 2.24) is 0 Å². The van der Waals surface area contributed by atoms with Gasteiger partial charge in [0.15, 0.2) is 0 Å². The third-order valence-electron chi connectivity index (χ3n) is 5.29. The molecule has 0 aromatic heterocycles. The van der Waals surface area contributed by atoms with E-state index < -0.39 is 0 Å². The van der Waals surface area contributed by atoms with Crippen LogP contribution in [-0.2, 0) is 11.4 Å². The third-order valence-corrected chi connectivity index (χ3v) is 6.15. The van der Waals surface area contributed by atoms with Gasteiger partial charge in [0.2, 0.25) is 0 Å². The second-order valence-electron chi connectivity index (χ2n) is 7.32. The molecule has 4 aromatic rings. The van der Waals surface area contributed by atoms with E-state index in [4.69, 9.17) is 16.3 Å². The number of carbonyl (C=O) groups is 1. The average molecular weight is 491 g/mol. The molecule has 0 bridgehead atoms. The van der Waals surface area contributed by atoms with Crippen molar-refractivity contribution < 1.29 is 9.53 Å². The number of ether oxygens (including phenoxy) is 1. The van der Waals surface area contributed by atoms with Crippen LogP contribution in [-0.4, -0.2) is 5.91 Å². The van der Waals surface area contributed by atoms with Crippen LogP contribution in [0.2, 0.25) is 5.02 Å². The van der Waals surface area contributed by atoms with E-state index in [9.17, 15) is 4.79 Å². The molecule has 0 atom stereocenters. The van der Waals surface area contributed by atoms with Gasteiger partial charge in [-0.15, -0.1) is 0 Å². The van der Waals surface area contributed by atoms with Crippen LogP contribution in [0.1, 0.15) is 16.7 Å². The molecule has 0 saturated heterocycles. The molecule has 1 aliphatic rings. The minimum Gasteiger partial charge on any atom is -0.488 e. The number of rotatable bonds is 4. The van der Waals surface area contributed by atoms with Crippen LogP contribution < -0.4 is 10.1 Å². The SMILES string of the molecule is O=C1Nc2cc(Cl)ccc2/C1=C\c1ccc(OCc2cccc3ccccc23)c(Br)c1. The van der Waals surface area contributed by atoms with E-state index in [2.05, 4.69) is 45.5 Å². The van der Waals surface area contributed by atoms with Gasteiger partial charge in [-0.3, -0.25) is 4.79 Å². The van der Waals surface area contributed by atoms with E-state index in [0.29, 0.717) is 17.2 Å². The Labute approximate surface area is 193 Å². The zero-order chi connectivity index (χ0) is 21.4. The number of amides is 1. The largest absolute Gasteiger partial charge is 0.488 e. The summed E-state index contributed by atoms with van der Waals surface area (Å²) in [5.74, 6) is 0.614. The van der Waals surface area contributed by atoms with Crippen molar-refractivity contribution in [2.45, 2.75) is 6.61 Å². The van der Waals surface area contributed by atoms with Crippen LogP contribution in [0.15, 0.2) is 83.3 Å². The first-order valence-corrected chi connectivity index (χ1v) is 11.0. The molecule has 0 saturated carbocycles. The van der Waals surface area contributed by atoms with E-state index in [1.165, 1.54) is 10.8 Å². The number of anilines is 1. The van der Waals surface area contributed by atoms with Crippen molar-refractivity contribution in [1.29, 1.82) is 0 Å². The Balaban J connectivity index is 1.38. The number of fused-ring (bicyclic) bond motifs is 2. The van der Waals surface area contributed by atoms with Crippen LogP contribution >= 0.6 is 27.5 Å². The van der Waals surface area contributed by atoms with Crippen LogP contribution in [0.5, 0.6) is 5.75 Å². The summed E-state index contributed by atoms with van der Waals surface area (Å²) < 4.78 is 6.92. The average Bonchev–Trinajstić information content (AvgIpc) is 3.07. The number of carbonyl (C=O) groups excluding carboxylic acids is 1. The van der Waals surface area contributed by atoms with Crippen molar-refractivity contribution in [3.63, 3.8) is 0 Å². The predicted molar refractivity (Wildman–Crippen MR) is 130 cm³/mol. The van der Waals surface area contributed by atoms with Crippen molar-refractivity contribution in [2.24, 2.45) is 0 Å². The van der Waals surface area contributed by atoms with Crippen LogP contribution in [0.3, 0.4) is 0 Å². The molecule has 5 heteroatoms. The fourth-order valence-electron chi connectivity index (χ4n) is 3.77. The van der Waals surface area contributed by atoms with Gasteiger partial charge in [0.05, 0.1) is 10.2 Å². The van der Waals surface area contributed by atoms with Gasteiger partial charge in [-0.25, -0.2) is 0 Å². The van der Waals surface area contributed by atoms with Gasteiger partial charge >= 0.3 is 0 Å². The van der Waals surface area contributed by atoms with E-state index in [1.807, 2.05) is 48.5 Å². The molecule has 0 radical (unpaired) electrons. The molecule has 1 aliphatic heterocycles. The number of hydrogen-bond acceptors (Lipinski definition) is 2. The summed E-state index contributed by atoms with van der Waals surface area (Å²) in [6.07, 6.45) is 1.87. The normalized spacial score (nSPS) is 14.0. The van der Waals surface area contributed by atoms with Crippen molar-refractivity contribution in [3.05, 3.63) is 105 Å². The zero-order valence-corrected chi connectivity index (χ0v) is 18.7. The summed E-state index contributed by atoms with van der Waals surface area (Å²) in [5, 5.41) is 5.84. The molecule has 1 amide bonds.